The number of hydrogen-bond acceptors (Lipinski definition) is 4. The van der Waals surface area contributed by atoms with E-state index < -0.39 is 0 Å². The first kappa shape index (κ1) is 39.2. The Bertz CT molecular complexity index is 1210. The molecule has 0 N–H and O–H groups in total. The summed E-state index contributed by atoms with van der Waals surface area (Å²) in [5.41, 5.74) is 3.92. The van der Waals surface area contributed by atoms with Crippen LogP contribution in [-0.4, -0.2) is 35.7 Å². The molecule has 0 unspecified atom stereocenters. The molecule has 0 saturated carbocycles. The molecule has 0 fully saturated rings. The molecule has 3 aromatic rings. The summed E-state index contributed by atoms with van der Waals surface area (Å²) in [5, 5.41) is 8.90. The topological polar surface area (TPSA) is 62.7 Å². The summed E-state index contributed by atoms with van der Waals surface area (Å²) in [6.07, 6.45) is 7.68. The third-order valence-electron chi connectivity index (χ3n) is 6.81. The highest BCUT2D eigenvalue weighted by molar-refractivity contribution is 5.60. The number of imidazole rings is 1. The molecule has 3 aromatic heterocycles. The third-order valence-corrected chi connectivity index (χ3v) is 6.81. The van der Waals surface area contributed by atoms with Crippen molar-refractivity contribution >= 4 is 5.76 Å². The Morgan fingerprint density at radius 3 is 1.55 bits per heavy atom. The van der Waals surface area contributed by atoms with Crippen LogP contribution in [0.5, 0.6) is 0 Å². The van der Waals surface area contributed by atoms with Gasteiger partial charge in [0.05, 0.1) is 35.1 Å². The van der Waals surface area contributed by atoms with Crippen LogP contribution < -0.4 is 0 Å². The average molecular weight is 611 g/mol. The van der Waals surface area contributed by atoms with Gasteiger partial charge in [0.2, 0.25) is 0 Å². The van der Waals surface area contributed by atoms with Crippen LogP contribution in [0.3, 0.4) is 0 Å². The highest BCUT2D eigenvalue weighted by Gasteiger charge is 2.30. The van der Waals surface area contributed by atoms with Gasteiger partial charge in [0.1, 0.15) is 11.6 Å². The zero-order valence-electron chi connectivity index (χ0n) is 31.9. The second kappa shape index (κ2) is 13.7. The molecular weight excluding hydrogens is 544 g/mol. The van der Waals surface area contributed by atoms with E-state index in [1.165, 1.54) is 11.4 Å². The van der Waals surface area contributed by atoms with Crippen molar-refractivity contribution in [3.8, 4) is 0 Å². The van der Waals surface area contributed by atoms with Gasteiger partial charge in [-0.05, 0) is 75.3 Å². The number of nitrogens with zero attached hydrogens (tertiary/aromatic N) is 6. The van der Waals surface area contributed by atoms with Crippen LogP contribution in [0.1, 0.15) is 154 Å². The zero-order valence-corrected chi connectivity index (χ0v) is 31.9. The molecule has 7 heteroatoms. The van der Waals surface area contributed by atoms with E-state index in [4.69, 9.17) is 4.74 Å². The minimum atomic E-state index is -0.0483. The maximum atomic E-state index is 5.54. The van der Waals surface area contributed by atoms with E-state index in [0.717, 1.165) is 11.4 Å². The summed E-state index contributed by atoms with van der Waals surface area (Å²) in [4.78, 5) is 4.42. The van der Waals surface area contributed by atoms with Gasteiger partial charge in [0, 0.05) is 46.1 Å². The van der Waals surface area contributed by atoms with Crippen molar-refractivity contribution in [2.45, 2.75) is 164 Å². The second-order valence-corrected chi connectivity index (χ2v) is 17.7. The lowest BCUT2D eigenvalue weighted by Gasteiger charge is -2.29. The van der Waals surface area contributed by atoms with E-state index in [9.17, 15) is 0 Å². The van der Waals surface area contributed by atoms with Crippen molar-refractivity contribution in [3.05, 3.63) is 60.2 Å². The van der Waals surface area contributed by atoms with Gasteiger partial charge in [-0.3, -0.25) is 9.36 Å². The standard InChI is InChI=1S/C15H26N2O.2C11H20N2/c1-9-18-11(2)12-10-16-17(15(6,7)8)13(12)14(3,4)5;1-10(2,3)9-12-7-8-13(9)11(4,5)6;1-10(2,3)9-7-8-12-13(9)11(4,5)6/h10H,2,9H2,1,3-8H3;2*7-8H,1-6H3. The largest absolute Gasteiger partial charge is 0.494 e. The SMILES string of the molecule is C=C(OCC)c1cnn(C(C)(C)C)c1C(C)(C)C.CC(C)(C)c1ccnn1C(C)(C)C.CC(C)(C)c1nccn1C(C)(C)C. The lowest BCUT2D eigenvalue weighted by Crippen LogP contribution is -2.30. The number of aromatic nitrogens is 6. The molecule has 0 bridgehead atoms. The summed E-state index contributed by atoms with van der Waals surface area (Å²) in [6, 6.07) is 2.10. The van der Waals surface area contributed by atoms with Crippen molar-refractivity contribution in [1.29, 1.82) is 0 Å². The van der Waals surface area contributed by atoms with Gasteiger partial charge in [-0.15, -0.1) is 0 Å². The van der Waals surface area contributed by atoms with Crippen molar-refractivity contribution in [1.82, 2.24) is 29.1 Å². The molecule has 0 amide bonds. The number of hydrogen-bond donors (Lipinski definition) is 0. The van der Waals surface area contributed by atoms with Crippen LogP contribution in [0, 0.1) is 0 Å². The van der Waals surface area contributed by atoms with Crippen LogP contribution in [-0.2, 0) is 37.6 Å². The molecule has 7 nitrogen and oxygen atoms in total. The summed E-state index contributed by atoms with van der Waals surface area (Å²) >= 11 is 0. The fourth-order valence-corrected chi connectivity index (χ4v) is 4.84. The van der Waals surface area contributed by atoms with Crippen LogP contribution in [0.15, 0.2) is 37.4 Å². The first-order chi connectivity index (χ1) is 19.5. The van der Waals surface area contributed by atoms with Crippen molar-refractivity contribution < 1.29 is 4.74 Å². The van der Waals surface area contributed by atoms with Gasteiger partial charge in [0.25, 0.3) is 0 Å². The van der Waals surface area contributed by atoms with E-state index >= 15 is 0 Å². The molecule has 3 rings (SSSR count). The second-order valence-electron chi connectivity index (χ2n) is 17.7. The van der Waals surface area contributed by atoms with Gasteiger partial charge < -0.3 is 9.30 Å². The molecule has 0 aromatic carbocycles. The van der Waals surface area contributed by atoms with E-state index in [2.05, 4.69) is 173 Å². The monoisotopic (exact) mass is 611 g/mol. The van der Waals surface area contributed by atoms with Crippen molar-refractivity contribution in [2.75, 3.05) is 6.61 Å². The highest BCUT2D eigenvalue weighted by atomic mass is 16.5. The normalized spacial score (nSPS) is 13.1. The van der Waals surface area contributed by atoms with E-state index in [-0.39, 0.29) is 32.9 Å². The first-order valence-electron chi connectivity index (χ1n) is 16.0. The molecule has 44 heavy (non-hydrogen) atoms. The Hall–Kier alpha value is -2.83. The van der Waals surface area contributed by atoms with Crippen molar-refractivity contribution in [3.63, 3.8) is 0 Å². The molecular formula is C37H66N6O. The summed E-state index contributed by atoms with van der Waals surface area (Å²) in [5.74, 6) is 1.86. The fraction of sp³-hybridized carbons (Fsp3) is 0.703. The van der Waals surface area contributed by atoms with Crippen LogP contribution in [0.4, 0.5) is 0 Å². The predicted octanol–water partition coefficient (Wildman–Crippen LogP) is 9.81. The maximum Gasteiger partial charge on any atom is 0.122 e. The minimum Gasteiger partial charge on any atom is -0.494 e. The molecule has 0 atom stereocenters. The van der Waals surface area contributed by atoms with Gasteiger partial charge >= 0.3 is 0 Å². The molecule has 0 aliphatic heterocycles. The quantitative estimate of drug-likeness (QED) is 0.277. The molecule has 0 aliphatic carbocycles. The lowest BCUT2D eigenvalue weighted by atomic mass is 9.87. The van der Waals surface area contributed by atoms with Crippen LogP contribution in [0.25, 0.3) is 5.76 Å². The molecule has 0 aliphatic rings. The highest BCUT2D eigenvalue weighted by Crippen LogP contribution is 2.33. The van der Waals surface area contributed by atoms with E-state index in [0.29, 0.717) is 12.4 Å². The Morgan fingerprint density at radius 2 is 1.20 bits per heavy atom. The minimum absolute atomic E-state index is 0.000839. The molecule has 250 valence electrons. The Morgan fingerprint density at radius 1 is 0.682 bits per heavy atom. The molecule has 3 heterocycles. The summed E-state index contributed by atoms with van der Waals surface area (Å²) in [6.45, 7) is 46.0. The number of ether oxygens (including phenoxy) is 1. The first-order valence-corrected chi connectivity index (χ1v) is 16.0. The average Bonchev–Trinajstić information content (AvgIpc) is 3.57. The Labute approximate surface area is 270 Å². The third kappa shape index (κ3) is 10.7. The number of rotatable bonds is 3. The van der Waals surface area contributed by atoms with Crippen LogP contribution >= 0.6 is 0 Å². The zero-order chi connectivity index (χ0) is 34.7. The van der Waals surface area contributed by atoms with Crippen LogP contribution in [0.2, 0.25) is 0 Å². The Balaban J connectivity index is 0.000000337. The van der Waals surface area contributed by atoms with Gasteiger partial charge in [0.15, 0.2) is 0 Å². The summed E-state index contributed by atoms with van der Waals surface area (Å²) in [7, 11) is 0. The van der Waals surface area contributed by atoms with Gasteiger partial charge in [-0.2, -0.15) is 10.2 Å². The summed E-state index contributed by atoms with van der Waals surface area (Å²) < 4.78 is 12.0. The van der Waals surface area contributed by atoms with E-state index in [1.54, 1.807) is 0 Å². The molecule has 0 saturated heterocycles. The predicted molar refractivity (Wildman–Crippen MR) is 188 cm³/mol. The Kier molecular flexibility index (Phi) is 12.2. The van der Waals surface area contributed by atoms with E-state index in [1.807, 2.05) is 25.5 Å². The maximum absolute atomic E-state index is 5.54. The molecule has 0 spiro atoms. The van der Waals surface area contributed by atoms with Gasteiger partial charge in [-0.1, -0.05) is 68.9 Å². The van der Waals surface area contributed by atoms with Gasteiger partial charge in [-0.25, -0.2) is 4.98 Å². The smallest absolute Gasteiger partial charge is 0.122 e. The van der Waals surface area contributed by atoms with Crippen molar-refractivity contribution in [2.24, 2.45) is 0 Å². The molecule has 0 radical (unpaired) electrons. The lowest BCUT2D eigenvalue weighted by molar-refractivity contribution is 0.295. The fourth-order valence-electron chi connectivity index (χ4n) is 4.84.